The maximum Gasteiger partial charge on any atom is 0.148 e. The first kappa shape index (κ1) is 16.4. The molecule has 0 bridgehead atoms. The molecule has 4 heteroatoms. The molecule has 1 aliphatic rings. The van der Waals surface area contributed by atoms with Gasteiger partial charge in [-0.25, -0.2) is 0 Å². The lowest BCUT2D eigenvalue weighted by Crippen LogP contribution is -2.37. The molecule has 1 heterocycles. The van der Waals surface area contributed by atoms with Crippen LogP contribution < -0.4 is 10.1 Å². The quantitative estimate of drug-likeness (QED) is 0.798. The van der Waals surface area contributed by atoms with Crippen molar-refractivity contribution in [2.75, 3.05) is 33.3 Å². The van der Waals surface area contributed by atoms with Gasteiger partial charge in [-0.15, -0.1) is 6.42 Å². The second-order valence-electron chi connectivity index (χ2n) is 5.65. The minimum absolute atomic E-state index is 0.308. The third-order valence-corrected chi connectivity index (χ3v) is 4.30. The van der Waals surface area contributed by atoms with Gasteiger partial charge in [0.2, 0.25) is 0 Å². The highest BCUT2D eigenvalue weighted by Gasteiger charge is 2.16. The van der Waals surface area contributed by atoms with Crippen LogP contribution in [-0.2, 0) is 6.54 Å². The fraction of sp³-hybridized carbons (Fsp3) is 0.529. The molecule has 0 aromatic heterocycles. The minimum atomic E-state index is 0.308. The molecule has 0 radical (unpaired) electrons. The van der Waals surface area contributed by atoms with Gasteiger partial charge in [0.25, 0.3) is 0 Å². The number of benzene rings is 1. The largest absolute Gasteiger partial charge is 0.481 e. The molecule has 0 aliphatic carbocycles. The number of terminal acetylenes is 1. The molecule has 1 saturated heterocycles. The van der Waals surface area contributed by atoms with Crippen molar-refractivity contribution in [3.63, 3.8) is 0 Å². The highest BCUT2D eigenvalue weighted by atomic mass is 79.9. The summed E-state index contributed by atoms with van der Waals surface area (Å²) in [6.45, 7) is 4.57. The fourth-order valence-corrected chi connectivity index (χ4v) is 3.21. The molecule has 1 aliphatic heterocycles. The number of piperidine rings is 1. The molecular formula is C17H23BrN2O. The van der Waals surface area contributed by atoms with Crippen molar-refractivity contribution in [3.8, 4) is 18.1 Å². The maximum absolute atomic E-state index is 5.60. The van der Waals surface area contributed by atoms with Gasteiger partial charge in [0.1, 0.15) is 12.4 Å². The smallest absolute Gasteiger partial charge is 0.148 e. The highest BCUT2D eigenvalue weighted by molar-refractivity contribution is 9.10. The third kappa shape index (κ3) is 5.35. The first-order chi connectivity index (χ1) is 10.2. The zero-order valence-corrected chi connectivity index (χ0v) is 14.2. The van der Waals surface area contributed by atoms with E-state index in [1.807, 2.05) is 12.1 Å². The van der Waals surface area contributed by atoms with E-state index in [0.29, 0.717) is 6.61 Å². The highest BCUT2D eigenvalue weighted by Crippen LogP contribution is 2.23. The molecule has 1 aromatic carbocycles. The zero-order valence-electron chi connectivity index (χ0n) is 12.6. The summed E-state index contributed by atoms with van der Waals surface area (Å²) in [4.78, 5) is 2.41. The second kappa shape index (κ2) is 8.43. The Morgan fingerprint density at radius 1 is 1.52 bits per heavy atom. The van der Waals surface area contributed by atoms with Gasteiger partial charge in [-0.3, -0.25) is 0 Å². The molecule has 0 amide bonds. The van der Waals surface area contributed by atoms with Gasteiger partial charge in [-0.05, 0) is 57.1 Å². The number of ether oxygens (including phenoxy) is 1. The van der Waals surface area contributed by atoms with E-state index >= 15 is 0 Å². The van der Waals surface area contributed by atoms with Crippen LogP contribution in [0.5, 0.6) is 5.75 Å². The standard InChI is InChI=1S/C17H23BrN2O/c1-3-9-21-17-7-6-16(18)10-15(17)12-19-11-14-5-4-8-20(2)13-14/h1,6-7,10,14,19H,4-5,8-9,11-13H2,2H3. The van der Waals surface area contributed by atoms with E-state index in [9.17, 15) is 0 Å². The summed E-state index contributed by atoms with van der Waals surface area (Å²) >= 11 is 3.51. The van der Waals surface area contributed by atoms with Gasteiger partial charge < -0.3 is 15.0 Å². The number of hydrogen-bond donors (Lipinski definition) is 1. The van der Waals surface area contributed by atoms with Crippen molar-refractivity contribution < 1.29 is 4.74 Å². The lowest BCUT2D eigenvalue weighted by atomic mass is 9.98. The van der Waals surface area contributed by atoms with Crippen LogP contribution in [0.4, 0.5) is 0 Å². The van der Waals surface area contributed by atoms with Crippen LogP contribution in [0, 0.1) is 18.3 Å². The monoisotopic (exact) mass is 350 g/mol. The summed E-state index contributed by atoms with van der Waals surface area (Å²) in [5.41, 5.74) is 1.14. The van der Waals surface area contributed by atoms with Crippen LogP contribution in [0.1, 0.15) is 18.4 Å². The van der Waals surface area contributed by atoms with Crippen LogP contribution in [0.25, 0.3) is 0 Å². The summed E-state index contributed by atoms with van der Waals surface area (Å²) in [7, 11) is 2.20. The molecular weight excluding hydrogens is 328 g/mol. The number of likely N-dealkylation sites (tertiary alicyclic amines) is 1. The maximum atomic E-state index is 5.60. The number of nitrogens with one attached hydrogen (secondary N) is 1. The van der Waals surface area contributed by atoms with Gasteiger partial charge in [0, 0.05) is 23.1 Å². The summed E-state index contributed by atoms with van der Waals surface area (Å²) in [5, 5.41) is 3.56. The Kier molecular flexibility index (Phi) is 6.56. The molecule has 1 unspecified atom stereocenters. The Morgan fingerprint density at radius 3 is 3.14 bits per heavy atom. The zero-order chi connectivity index (χ0) is 15.1. The molecule has 2 rings (SSSR count). The number of nitrogens with zero attached hydrogens (tertiary/aromatic N) is 1. The van der Waals surface area contributed by atoms with E-state index in [-0.39, 0.29) is 0 Å². The first-order valence-electron chi connectivity index (χ1n) is 7.43. The molecule has 1 fully saturated rings. The van der Waals surface area contributed by atoms with Crippen molar-refractivity contribution >= 4 is 15.9 Å². The van der Waals surface area contributed by atoms with Crippen LogP contribution in [0.3, 0.4) is 0 Å². The summed E-state index contributed by atoms with van der Waals surface area (Å²) in [5.74, 6) is 4.12. The molecule has 114 valence electrons. The molecule has 0 spiro atoms. The van der Waals surface area contributed by atoms with Gasteiger partial charge in [-0.1, -0.05) is 21.9 Å². The van der Waals surface area contributed by atoms with Crippen LogP contribution in [-0.4, -0.2) is 38.2 Å². The average Bonchev–Trinajstić information content (AvgIpc) is 2.46. The molecule has 3 nitrogen and oxygen atoms in total. The van der Waals surface area contributed by atoms with Gasteiger partial charge in [-0.2, -0.15) is 0 Å². The van der Waals surface area contributed by atoms with Crippen LogP contribution in [0.2, 0.25) is 0 Å². The third-order valence-electron chi connectivity index (χ3n) is 3.80. The normalized spacial score (nSPS) is 19.2. The Balaban J connectivity index is 1.86. The van der Waals surface area contributed by atoms with E-state index in [4.69, 9.17) is 11.2 Å². The molecule has 0 saturated carbocycles. The van der Waals surface area contributed by atoms with Crippen molar-refractivity contribution in [2.24, 2.45) is 5.92 Å². The van der Waals surface area contributed by atoms with E-state index in [2.05, 4.69) is 45.2 Å². The Hall–Kier alpha value is -1.02. The van der Waals surface area contributed by atoms with E-state index in [1.165, 1.54) is 25.9 Å². The second-order valence-corrected chi connectivity index (χ2v) is 6.56. The van der Waals surface area contributed by atoms with Gasteiger partial charge >= 0.3 is 0 Å². The lowest BCUT2D eigenvalue weighted by Gasteiger charge is -2.29. The van der Waals surface area contributed by atoms with Crippen molar-refractivity contribution in [1.29, 1.82) is 0 Å². The minimum Gasteiger partial charge on any atom is -0.481 e. The summed E-state index contributed by atoms with van der Waals surface area (Å²) in [6.07, 6.45) is 7.88. The Bertz CT molecular complexity index is 498. The molecule has 1 atom stereocenters. The van der Waals surface area contributed by atoms with E-state index < -0.39 is 0 Å². The van der Waals surface area contributed by atoms with Crippen LogP contribution >= 0.6 is 15.9 Å². The predicted molar refractivity (Wildman–Crippen MR) is 90.4 cm³/mol. The molecule has 1 N–H and O–H groups in total. The first-order valence-corrected chi connectivity index (χ1v) is 8.22. The molecule has 21 heavy (non-hydrogen) atoms. The fourth-order valence-electron chi connectivity index (χ4n) is 2.80. The Morgan fingerprint density at radius 2 is 2.38 bits per heavy atom. The number of rotatable bonds is 6. The average molecular weight is 351 g/mol. The van der Waals surface area contributed by atoms with Gasteiger partial charge in [0.15, 0.2) is 0 Å². The SMILES string of the molecule is C#CCOc1ccc(Br)cc1CNCC1CCCN(C)C1. The van der Waals surface area contributed by atoms with Crippen LogP contribution in [0.15, 0.2) is 22.7 Å². The molecule has 1 aromatic rings. The van der Waals surface area contributed by atoms with E-state index in [0.717, 1.165) is 34.8 Å². The topological polar surface area (TPSA) is 24.5 Å². The van der Waals surface area contributed by atoms with Crippen molar-refractivity contribution in [2.45, 2.75) is 19.4 Å². The Labute approximate surface area is 136 Å². The lowest BCUT2D eigenvalue weighted by molar-refractivity contribution is 0.206. The summed E-state index contributed by atoms with van der Waals surface area (Å²) < 4.78 is 6.66. The summed E-state index contributed by atoms with van der Waals surface area (Å²) in [6, 6.07) is 6.03. The van der Waals surface area contributed by atoms with Crippen molar-refractivity contribution in [3.05, 3.63) is 28.2 Å². The predicted octanol–water partition coefficient (Wildman–Crippen LogP) is 2.89. The van der Waals surface area contributed by atoms with Gasteiger partial charge in [0.05, 0.1) is 0 Å². The number of hydrogen-bond acceptors (Lipinski definition) is 3. The van der Waals surface area contributed by atoms with Crippen molar-refractivity contribution in [1.82, 2.24) is 10.2 Å². The van der Waals surface area contributed by atoms with E-state index in [1.54, 1.807) is 0 Å². The number of halogens is 1.